The summed E-state index contributed by atoms with van der Waals surface area (Å²) < 4.78 is 10.8. The molecule has 3 rings (SSSR count). The van der Waals surface area contributed by atoms with E-state index in [9.17, 15) is 4.79 Å². The fourth-order valence-electron chi connectivity index (χ4n) is 2.08. The third kappa shape index (κ3) is 1.71. The van der Waals surface area contributed by atoms with Crippen molar-refractivity contribution in [2.45, 2.75) is 13.8 Å². The van der Waals surface area contributed by atoms with Crippen LogP contribution in [-0.2, 0) is 0 Å². The number of ketones is 1. The molecule has 3 aromatic rings. The van der Waals surface area contributed by atoms with Gasteiger partial charge in [0.25, 0.3) is 5.78 Å². The normalized spacial score (nSPS) is 11.1. The number of carbonyl (C=O) groups excluding carboxylic acids is 1. The van der Waals surface area contributed by atoms with E-state index in [0.29, 0.717) is 22.9 Å². The van der Waals surface area contributed by atoms with Gasteiger partial charge >= 0.3 is 0 Å². The van der Waals surface area contributed by atoms with Gasteiger partial charge in [0.05, 0.1) is 11.4 Å². The van der Waals surface area contributed by atoms with Crippen molar-refractivity contribution < 1.29 is 13.6 Å². The smallest absolute Gasteiger partial charge is 0.267 e. The lowest BCUT2D eigenvalue weighted by Gasteiger charge is -1.95. The molecule has 0 unspecified atom stereocenters. The zero-order valence-electron chi connectivity index (χ0n) is 10.6. The first-order valence-electron chi connectivity index (χ1n) is 5.83. The van der Waals surface area contributed by atoms with Crippen LogP contribution in [0.2, 0.25) is 0 Å². The maximum Gasteiger partial charge on any atom is 0.267 e. The Balaban J connectivity index is 2.17. The number of fused-ring (bicyclic) bond motifs is 1. The van der Waals surface area contributed by atoms with Crippen molar-refractivity contribution in [1.29, 1.82) is 0 Å². The molecule has 0 atom stereocenters. The van der Waals surface area contributed by atoms with Gasteiger partial charge in [0.1, 0.15) is 5.58 Å². The van der Waals surface area contributed by atoms with Gasteiger partial charge < -0.3 is 14.6 Å². The van der Waals surface area contributed by atoms with Gasteiger partial charge in [-0.05, 0) is 19.1 Å². The second-order valence-electron chi connectivity index (χ2n) is 4.32. The van der Waals surface area contributed by atoms with Crippen LogP contribution < -0.4 is 5.73 Å². The van der Waals surface area contributed by atoms with Crippen LogP contribution in [0.15, 0.2) is 33.1 Å². The van der Waals surface area contributed by atoms with Crippen LogP contribution in [0.1, 0.15) is 27.9 Å². The lowest BCUT2D eigenvalue weighted by molar-refractivity contribution is 0.0984. The molecule has 0 radical (unpaired) electrons. The van der Waals surface area contributed by atoms with Gasteiger partial charge in [-0.3, -0.25) is 4.79 Å². The lowest BCUT2D eigenvalue weighted by atomic mass is 10.1. The Hall–Kier alpha value is -2.56. The zero-order chi connectivity index (χ0) is 13.6. The fourth-order valence-corrected chi connectivity index (χ4v) is 2.08. The molecule has 0 spiro atoms. The van der Waals surface area contributed by atoms with Crippen molar-refractivity contribution in [3.8, 4) is 0 Å². The number of anilines is 1. The number of furan rings is 1. The van der Waals surface area contributed by atoms with E-state index in [0.717, 1.165) is 5.39 Å². The molecule has 2 heterocycles. The topological polar surface area (TPSA) is 82.3 Å². The highest BCUT2D eigenvalue weighted by Crippen LogP contribution is 2.30. The Morgan fingerprint density at radius 3 is 2.53 bits per heavy atom. The molecule has 0 amide bonds. The summed E-state index contributed by atoms with van der Waals surface area (Å²) >= 11 is 0. The number of carbonyl (C=O) groups is 1. The molecule has 0 saturated carbocycles. The number of hydrogen-bond donors (Lipinski definition) is 1. The summed E-state index contributed by atoms with van der Waals surface area (Å²) in [5.41, 5.74) is 7.40. The van der Waals surface area contributed by atoms with E-state index in [-0.39, 0.29) is 17.3 Å². The van der Waals surface area contributed by atoms with Gasteiger partial charge in [-0.1, -0.05) is 12.1 Å². The highest BCUT2D eigenvalue weighted by Gasteiger charge is 2.25. The minimum absolute atomic E-state index is 0.0976. The maximum absolute atomic E-state index is 12.4. The quantitative estimate of drug-likeness (QED) is 0.713. The lowest BCUT2D eigenvalue weighted by Crippen LogP contribution is -2.03. The molecule has 0 fully saturated rings. The third-order valence-electron chi connectivity index (χ3n) is 2.95. The molecule has 1 aromatic carbocycles. The van der Waals surface area contributed by atoms with Crippen LogP contribution >= 0.6 is 0 Å². The summed E-state index contributed by atoms with van der Waals surface area (Å²) in [7, 11) is 0. The summed E-state index contributed by atoms with van der Waals surface area (Å²) in [5, 5.41) is 0.722. The van der Waals surface area contributed by atoms with Gasteiger partial charge in [0.15, 0.2) is 5.89 Å². The van der Waals surface area contributed by atoms with Gasteiger partial charge in [-0.15, -0.1) is 0 Å². The Morgan fingerprint density at radius 1 is 1.16 bits per heavy atom. The van der Waals surface area contributed by atoms with Gasteiger partial charge in [-0.25, -0.2) is 4.98 Å². The van der Waals surface area contributed by atoms with E-state index in [1.165, 1.54) is 0 Å². The number of oxazole rings is 1. The number of aromatic nitrogens is 1. The highest BCUT2D eigenvalue weighted by atomic mass is 16.4. The second-order valence-corrected chi connectivity index (χ2v) is 4.32. The van der Waals surface area contributed by atoms with Crippen molar-refractivity contribution >= 4 is 22.4 Å². The standard InChI is InChI=1S/C14H12N2O3/c1-7-13(18-8(2)16-7)12(17)14-11(15)9-5-3-4-6-10(9)19-14/h3-6H,15H2,1-2H3. The Bertz CT molecular complexity index is 783. The summed E-state index contributed by atoms with van der Waals surface area (Å²) in [6.07, 6.45) is 0. The van der Waals surface area contributed by atoms with Crippen LogP contribution in [0.25, 0.3) is 11.0 Å². The van der Waals surface area contributed by atoms with E-state index >= 15 is 0 Å². The Kier molecular flexibility index (Phi) is 2.41. The number of rotatable bonds is 2. The number of benzene rings is 1. The molecule has 96 valence electrons. The number of nitrogen functional groups attached to an aromatic ring is 1. The number of nitrogens with two attached hydrogens (primary N) is 1. The summed E-state index contributed by atoms with van der Waals surface area (Å²) in [6.45, 7) is 3.40. The van der Waals surface area contributed by atoms with Gasteiger partial charge in [0.2, 0.25) is 11.5 Å². The molecule has 5 nitrogen and oxygen atoms in total. The van der Waals surface area contributed by atoms with Crippen LogP contribution in [0.4, 0.5) is 5.69 Å². The van der Waals surface area contributed by atoms with Crippen molar-refractivity contribution in [3.63, 3.8) is 0 Å². The third-order valence-corrected chi connectivity index (χ3v) is 2.95. The predicted octanol–water partition coefficient (Wildman–Crippen LogP) is 2.85. The molecule has 2 aromatic heterocycles. The maximum atomic E-state index is 12.4. The molecule has 0 saturated heterocycles. The van der Waals surface area contributed by atoms with Crippen molar-refractivity contribution in [2.24, 2.45) is 0 Å². The van der Waals surface area contributed by atoms with E-state index in [1.54, 1.807) is 19.9 Å². The van der Waals surface area contributed by atoms with Crippen molar-refractivity contribution in [1.82, 2.24) is 4.98 Å². The predicted molar refractivity (Wildman–Crippen MR) is 70.0 cm³/mol. The first kappa shape index (κ1) is 11.5. The molecule has 5 heteroatoms. The average molecular weight is 256 g/mol. The summed E-state index contributed by atoms with van der Waals surface area (Å²) in [6, 6.07) is 7.24. The van der Waals surface area contributed by atoms with Crippen molar-refractivity contribution in [2.75, 3.05) is 5.73 Å². The number of aryl methyl sites for hydroxylation is 2. The molecule has 0 bridgehead atoms. The van der Waals surface area contributed by atoms with E-state index < -0.39 is 0 Å². The number of para-hydroxylation sites is 1. The summed E-state index contributed by atoms with van der Waals surface area (Å²) in [5.74, 6) is 0.325. The molecule has 0 aliphatic heterocycles. The van der Waals surface area contributed by atoms with Crippen LogP contribution in [0, 0.1) is 13.8 Å². The van der Waals surface area contributed by atoms with Crippen molar-refractivity contribution in [3.05, 3.63) is 47.4 Å². The van der Waals surface area contributed by atoms with Crippen LogP contribution in [-0.4, -0.2) is 10.8 Å². The first-order chi connectivity index (χ1) is 9.08. The Morgan fingerprint density at radius 2 is 1.89 bits per heavy atom. The summed E-state index contributed by atoms with van der Waals surface area (Å²) in [4.78, 5) is 16.4. The SMILES string of the molecule is Cc1nc(C)c(C(=O)c2oc3ccccc3c2N)o1. The van der Waals surface area contributed by atoms with Gasteiger partial charge in [-0.2, -0.15) is 0 Å². The molecule has 2 N–H and O–H groups in total. The van der Waals surface area contributed by atoms with Crippen LogP contribution in [0.5, 0.6) is 0 Å². The second kappa shape index (κ2) is 3.98. The minimum Gasteiger partial charge on any atom is -0.450 e. The minimum atomic E-state index is -0.383. The monoisotopic (exact) mass is 256 g/mol. The van der Waals surface area contributed by atoms with E-state index in [2.05, 4.69) is 4.98 Å². The zero-order valence-corrected chi connectivity index (χ0v) is 10.6. The first-order valence-corrected chi connectivity index (χ1v) is 5.83. The van der Waals surface area contributed by atoms with E-state index in [1.807, 2.05) is 18.2 Å². The highest BCUT2D eigenvalue weighted by molar-refractivity contribution is 6.13. The molecular formula is C14H12N2O3. The fraction of sp³-hybridized carbons (Fsp3) is 0.143. The van der Waals surface area contributed by atoms with Crippen LogP contribution in [0.3, 0.4) is 0 Å². The number of hydrogen-bond acceptors (Lipinski definition) is 5. The number of nitrogens with zero attached hydrogens (tertiary/aromatic N) is 1. The molecule has 19 heavy (non-hydrogen) atoms. The molecular weight excluding hydrogens is 244 g/mol. The Labute approximate surface area is 109 Å². The molecule has 0 aliphatic carbocycles. The largest absolute Gasteiger partial charge is 0.450 e. The molecule has 0 aliphatic rings. The average Bonchev–Trinajstić information content (AvgIpc) is 2.90. The van der Waals surface area contributed by atoms with E-state index in [4.69, 9.17) is 14.6 Å². The van der Waals surface area contributed by atoms with Gasteiger partial charge in [0, 0.05) is 12.3 Å².